The van der Waals surface area contributed by atoms with Gasteiger partial charge in [0.1, 0.15) is 5.82 Å². The van der Waals surface area contributed by atoms with Gasteiger partial charge in [0.15, 0.2) is 0 Å². The predicted molar refractivity (Wildman–Crippen MR) is 202 cm³/mol. The molecule has 0 aliphatic carbocycles. The van der Waals surface area contributed by atoms with Crippen LogP contribution in [0.3, 0.4) is 0 Å². The van der Waals surface area contributed by atoms with Gasteiger partial charge < -0.3 is 9.47 Å². The van der Waals surface area contributed by atoms with Crippen LogP contribution in [0.2, 0.25) is 0 Å². The summed E-state index contributed by atoms with van der Waals surface area (Å²) in [5.74, 6) is 0.912. The number of nitrogens with zero attached hydrogens (tertiary/aromatic N) is 4. The van der Waals surface area contributed by atoms with Gasteiger partial charge >= 0.3 is 0 Å². The van der Waals surface area contributed by atoms with Crippen molar-refractivity contribution in [2.75, 3.05) is 4.90 Å². The van der Waals surface area contributed by atoms with Gasteiger partial charge in [-0.3, -0.25) is 4.57 Å². The van der Waals surface area contributed by atoms with Gasteiger partial charge in [-0.25, -0.2) is 4.98 Å². The normalized spacial score (nSPS) is 12.0. The molecule has 0 N–H and O–H groups in total. The van der Waals surface area contributed by atoms with Crippen molar-refractivity contribution >= 4 is 39.0 Å². The van der Waals surface area contributed by atoms with Crippen LogP contribution in [0.25, 0.3) is 67.1 Å². The van der Waals surface area contributed by atoms with Crippen LogP contribution in [0.4, 0.5) is 17.1 Å². The van der Waals surface area contributed by atoms with E-state index < -0.39 is 0 Å². The van der Waals surface area contributed by atoms with Crippen LogP contribution >= 0.6 is 0 Å². The van der Waals surface area contributed by atoms with Crippen molar-refractivity contribution in [2.45, 2.75) is 0 Å². The monoisotopic (exact) mass is 626 g/mol. The van der Waals surface area contributed by atoms with Gasteiger partial charge in [-0.05, 0) is 66.7 Å². The fourth-order valence-electron chi connectivity index (χ4n) is 7.61. The lowest BCUT2D eigenvalue weighted by Gasteiger charge is -2.28. The van der Waals surface area contributed by atoms with E-state index in [9.17, 15) is 0 Å². The molecule has 230 valence electrons. The van der Waals surface area contributed by atoms with Crippen LogP contribution in [0.1, 0.15) is 0 Å². The van der Waals surface area contributed by atoms with Gasteiger partial charge in [0.2, 0.25) is 0 Å². The Morgan fingerprint density at radius 3 is 1.76 bits per heavy atom. The summed E-state index contributed by atoms with van der Waals surface area (Å²) in [4.78, 5) is 7.62. The second kappa shape index (κ2) is 11.0. The lowest BCUT2D eigenvalue weighted by atomic mass is 9.98. The Labute approximate surface area is 284 Å². The van der Waals surface area contributed by atoms with Crippen LogP contribution < -0.4 is 4.90 Å². The average Bonchev–Trinajstić information content (AvgIpc) is 3.69. The molecular weight excluding hydrogens is 597 g/mol. The number of imidazole rings is 1. The summed E-state index contributed by atoms with van der Waals surface area (Å²) in [6, 6.07) is 64.9. The highest BCUT2D eigenvalue weighted by molar-refractivity contribution is 6.13. The van der Waals surface area contributed by atoms with E-state index in [1.807, 2.05) is 0 Å². The van der Waals surface area contributed by atoms with Crippen LogP contribution in [0.5, 0.6) is 0 Å². The Bertz CT molecular complexity index is 2670. The molecule has 4 heteroatoms. The molecule has 49 heavy (non-hydrogen) atoms. The predicted octanol–water partition coefficient (Wildman–Crippen LogP) is 11.8. The minimum Gasteiger partial charge on any atom is -0.309 e. The molecule has 3 heterocycles. The first-order valence-electron chi connectivity index (χ1n) is 16.7. The van der Waals surface area contributed by atoms with Crippen molar-refractivity contribution in [3.8, 4) is 45.1 Å². The number of fused-ring (bicyclic) bond motifs is 8. The summed E-state index contributed by atoms with van der Waals surface area (Å²) in [5.41, 5.74) is 14.7. The zero-order valence-electron chi connectivity index (χ0n) is 26.6. The van der Waals surface area contributed by atoms with Crippen LogP contribution in [0, 0.1) is 0 Å². The van der Waals surface area contributed by atoms with Crippen molar-refractivity contribution in [2.24, 2.45) is 0 Å². The summed E-state index contributed by atoms with van der Waals surface area (Å²) in [6.45, 7) is 0. The third kappa shape index (κ3) is 4.21. The Hall–Kier alpha value is -6.65. The van der Waals surface area contributed by atoms with E-state index in [0.717, 1.165) is 50.9 Å². The van der Waals surface area contributed by atoms with Gasteiger partial charge in [-0.1, -0.05) is 115 Å². The Morgan fingerprint density at radius 2 is 0.980 bits per heavy atom. The fourth-order valence-corrected chi connectivity index (χ4v) is 7.61. The Balaban J connectivity index is 1.25. The van der Waals surface area contributed by atoms with E-state index in [2.05, 4.69) is 196 Å². The van der Waals surface area contributed by atoms with E-state index in [-0.39, 0.29) is 0 Å². The molecule has 10 rings (SSSR count). The first-order valence-corrected chi connectivity index (χ1v) is 16.7. The highest BCUT2D eigenvalue weighted by Crippen LogP contribution is 2.54. The molecule has 0 bridgehead atoms. The van der Waals surface area contributed by atoms with E-state index in [0.29, 0.717) is 0 Å². The smallest absolute Gasteiger partial charge is 0.145 e. The Kier molecular flexibility index (Phi) is 6.15. The summed E-state index contributed by atoms with van der Waals surface area (Å²) < 4.78 is 4.70. The number of rotatable bonds is 4. The second-order valence-electron chi connectivity index (χ2n) is 12.4. The minimum absolute atomic E-state index is 0.912. The van der Waals surface area contributed by atoms with Crippen molar-refractivity contribution in [3.63, 3.8) is 0 Å². The van der Waals surface area contributed by atoms with Gasteiger partial charge in [0, 0.05) is 44.7 Å². The van der Waals surface area contributed by atoms with Crippen LogP contribution in [-0.2, 0) is 0 Å². The summed E-state index contributed by atoms with van der Waals surface area (Å²) in [7, 11) is 0. The van der Waals surface area contributed by atoms with E-state index >= 15 is 0 Å². The first kappa shape index (κ1) is 27.5. The van der Waals surface area contributed by atoms with Gasteiger partial charge in [-0.15, -0.1) is 0 Å². The maximum Gasteiger partial charge on any atom is 0.145 e. The fraction of sp³-hybridized carbons (Fsp3) is 0. The molecule has 7 aromatic carbocycles. The van der Waals surface area contributed by atoms with Crippen molar-refractivity contribution in [1.82, 2.24) is 14.1 Å². The van der Waals surface area contributed by atoms with Crippen LogP contribution in [0.15, 0.2) is 182 Å². The molecule has 0 atom stereocenters. The molecule has 0 spiro atoms. The molecule has 1 aliphatic heterocycles. The number of para-hydroxylation sites is 7. The molecule has 0 saturated carbocycles. The minimum atomic E-state index is 0.912. The lowest BCUT2D eigenvalue weighted by molar-refractivity contribution is 1.10. The van der Waals surface area contributed by atoms with E-state index in [1.54, 1.807) is 0 Å². The number of anilines is 3. The molecule has 0 fully saturated rings. The summed E-state index contributed by atoms with van der Waals surface area (Å²) >= 11 is 0. The van der Waals surface area contributed by atoms with E-state index in [4.69, 9.17) is 4.98 Å². The standard InChI is InChI=1S/C45H30N4/c1-3-17-32(18-4-1)48-40-27-12-8-23-36(40)43-35-22-7-11-26-39(35)47(41-28-13-9-24-37(41)44(43)48)34-21-15-16-31(30-34)45-46-38-25-10-14-29-42(38)49(45)33-19-5-2-6-20-33/h1-30H. The number of benzene rings is 7. The van der Waals surface area contributed by atoms with Crippen molar-refractivity contribution < 1.29 is 0 Å². The third-order valence-electron chi connectivity index (χ3n) is 9.64. The van der Waals surface area contributed by atoms with Crippen molar-refractivity contribution in [3.05, 3.63) is 182 Å². The number of aromatic nitrogens is 3. The highest BCUT2D eigenvalue weighted by Gasteiger charge is 2.31. The zero-order chi connectivity index (χ0) is 32.3. The van der Waals surface area contributed by atoms with Gasteiger partial charge in [0.25, 0.3) is 0 Å². The molecule has 0 unspecified atom stereocenters. The largest absolute Gasteiger partial charge is 0.309 e. The average molecular weight is 627 g/mol. The third-order valence-corrected chi connectivity index (χ3v) is 9.64. The highest BCUT2D eigenvalue weighted by atomic mass is 15.2. The molecule has 0 radical (unpaired) electrons. The molecule has 0 amide bonds. The summed E-state index contributed by atoms with van der Waals surface area (Å²) in [6.07, 6.45) is 0. The Morgan fingerprint density at radius 1 is 0.408 bits per heavy atom. The molecule has 9 aromatic rings. The molecular formula is C45H30N4. The van der Waals surface area contributed by atoms with Gasteiger partial charge in [-0.2, -0.15) is 0 Å². The van der Waals surface area contributed by atoms with Gasteiger partial charge in [0.05, 0.1) is 33.6 Å². The zero-order valence-corrected chi connectivity index (χ0v) is 26.6. The number of hydrogen-bond acceptors (Lipinski definition) is 2. The van der Waals surface area contributed by atoms with Crippen LogP contribution in [-0.4, -0.2) is 14.1 Å². The SMILES string of the molecule is c1ccc(-n2c(-c3cccc(N4c5ccccc5-c5c(n(-c6ccccc6)c6ccccc56)-c5ccccc54)c3)nc3ccccc32)cc1. The molecule has 1 aliphatic rings. The molecule has 0 saturated heterocycles. The molecule has 2 aromatic heterocycles. The number of hydrogen-bond donors (Lipinski definition) is 0. The quantitative estimate of drug-likeness (QED) is 0.194. The second-order valence-corrected chi connectivity index (χ2v) is 12.4. The maximum absolute atomic E-state index is 5.20. The first-order chi connectivity index (χ1) is 24.3. The molecule has 4 nitrogen and oxygen atoms in total. The topological polar surface area (TPSA) is 26.0 Å². The lowest BCUT2D eigenvalue weighted by Crippen LogP contribution is -2.11. The maximum atomic E-state index is 5.20. The van der Waals surface area contributed by atoms with E-state index in [1.165, 1.54) is 33.3 Å². The summed E-state index contributed by atoms with van der Waals surface area (Å²) in [5, 5.41) is 1.23. The van der Waals surface area contributed by atoms with Crippen molar-refractivity contribution in [1.29, 1.82) is 0 Å².